The van der Waals surface area contributed by atoms with E-state index in [9.17, 15) is 10.1 Å². The van der Waals surface area contributed by atoms with Crippen LogP contribution in [0.25, 0.3) is 11.8 Å². The molecular formula is C23H20BrN3O. The van der Waals surface area contributed by atoms with Crippen molar-refractivity contribution in [2.24, 2.45) is 0 Å². The number of nitrogens with one attached hydrogen (secondary N) is 1. The Labute approximate surface area is 173 Å². The molecule has 1 heterocycles. The number of rotatable bonds is 4. The molecule has 0 spiro atoms. The van der Waals surface area contributed by atoms with Crippen molar-refractivity contribution in [1.29, 1.82) is 5.26 Å². The van der Waals surface area contributed by atoms with Gasteiger partial charge in [0.05, 0.1) is 0 Å². The van der Waals surface area contributed by atoms with Crippen LogP contribution in [0.1, 0.15) is 22.5 Å². The third kappa shape index (κ3) is 4.24. The van der Waals surface area contributed by atoms with Crippen molar-refractivity contribution in [3.8, 4) is 11.8 Å². The average Bonchev–Trinajstić information content (AvgIpc) is 2.92. The zero-order valence-electron chi connectivity index (χ0n) is 16.0. The zero-order valence-corrected chi connectivity index (χ0v) is 17.5. The van der Waals surface area contributed by atoms with Gasteiger partial charge in [-0.25, -0.2) is 0 Å². The van der Waals surface area contributed by atoms with Gasteiger partial charge in [0.1, 0.15) is 11.6 Å². The quantitative estimate of drug-likeness (QED) is 0.422. The van der Waals surface area contributed by atoms with E-state index in [0.717, 1.165) is 27.1 Å². The molecule has 1 amide bonds. The Balaban J connectivity index is 1.94. The maximum Gasteiger partial charge on any atom is 0.266 e. The molecule has 0 unspecified atom stereocenters. The second-order valence-corrected chi connectivity index (χ2v) is 7.55. The molecule has 0 bridgehead atoms. The highest BCUT2D eigenvalue weighted by atomic mass is 79.9. The molecule has 0 radical (unpaired) electrons. The zero-order chi connectivity index (χ0) is 20.3. The molecule has 0 atom stereocenters. The number of halogens is 1. The summed E-state index contributed by atoms with van der Waals surface area (Å²) >= 11 is 3.37. The monoisotopic (exact) mass is 433 g/mol. The average molecular weight is 434 g/mol. The molecule has 0 aliphatic carbocycles. The van der Waals surface area contributed by atoms with Gasteiger partial charge in [0, 0.05) is 27.2 Å². The molecule has 0 aliphatic heterocycles. The fraction of sp³-hybridized carbons (Fsp3) is 0.130. The van der Waals surface area contributed by atoms with Gasteiger partial charge in [-0.2, -0.15) is 5.26 Å². The fourth-order valence-corrected chi connectivity index (χ4v) is 3.57. The third-order valence-electron chi connectivity index (χ3n) is 4.48. The number of nitriles is 1. The molecule has 1 aromatic heterocycles. The van der Waals surface area contributed by atoms with E-state index < -0.39 is 5.91 Å². The van der Waals surface area contributed by atoms with Crippen molar-refractivity contribution in [2.45, 2.75) is 20.8 Å². The minimum absolute atomic E-state index is 0.0597. The van der Waals surface area contributed by atoms with Crippen molar-refractivity contribution < 1.29 is 4.79 Å². The summed E-state index contributed by atoms with van der Waals surface area (Å²) in [6.45, 7) is 6.06. The molecule has 0 saturated heterocycles. The molecule has 28 heavy (non-hydrogen) atoms. The van der Waals surface area contributed by atoms with Crippen molar-refractivity contribution in [1.82, 2.24) is 4.57 Å². The van der Waals surface area contributed by atoms with Crippen molar-refractivity contribution in [3.05, 3.63) is 87.2 Å². The number of hydrogen-bond donors (Lipinski definition) is 1. The first-order valence-corrected chi connectivity index (χ1v) is 9.63. The van der Waals surface area contributed by atoms with E-state index in [-0.39, 0.29) is 5.57 Å². The molecule has 3 rings (SSSR count). The summed E-state index contributed by atoms with van der Waals surface area (Å²) in [7, 11) is 0. The minimum Gasteiger partial charge on any atom is -0.321 e. The van der Waals surface area contributed by atoms with Crippen LogP contribution in [-0.2, 0) is 4.79 Å². The predicted molar refractivity (Wildman–Crippen MR) is 116 cm³/mol. The Morgan fingerprint density at radius 1 is 1.11 bits per heavy atom. The lowest BCUT2D eigenvalue weighted by atomic mass is 10.1. The standard InChI is InChI=1S/C23H20BrN3O/c1-15-6-4-9-22(10-15)27-16(2)11-18(17(27)3)12-19(14-25)23(28)26-21-8-5-7-20(24)13-21/h4-13H,1-3H3,(H,26,28)/b19-12-. The Morgan fingerprint density at radius 2 is 1.86 bits per heavy atom. The second kappa shape index (κ2) is 8.28. The summed E-state index contributed by atoms with van der Waals surface area (Å²) in [5, 5.41) is 12.3. The van der Waals surface area contributed by atoms with Crippen LogP contribution in [0.3, 0.4) is 0 Å². The number of aromatic nitrogens is 1. The van der Waals surface area contributed by atoms with Crippen LogP contribution in [0.15, 0.2) is 64.6 Å². The Morgan fingerprint density at radius 3 is 2.54 bits per heavy atom. The molecule has 0 saturated carbocycles. The number of nitrogens with zero attached hydrogens (tertiary/aromatic N) is 2. The summed E-state index contributed by atoms with van der Waals surface area (Å²) in [5.74, 6) is -0.430. The molecule has 3 aromatic rings. The van der Waals surface area contributed by atoms with Gasteiger partial charge in [0.15, 0.2) is 0 Å². The van der Waals surface area contributed by atoms with Gasteiger partial charge in [-0.1, -0.05) is 34.1 Å². The van der Waals surface area contributed by atoms with Crippen LogP contribution in [0.5, 0.6) is 0 Å². The predicted octanol–water partition coefficient (Wildman–Crippen LogP) is 5.71. The van der Waals surface area contributed by atoms with E-state index in [1.54, 1.807) is 18.2 Å². The van der Waals surface area contributed by atoms with Gasteiger partial charge in [-0.15, -0.1) is 0 Å². The van der Waals surface area contributed by atoms with Crippen LogP contribution >= 0.6 is 15.9 Å². The first kappa shape index (κ1) is 19.7. The second-order valence-electron chi connectivity index (χ2n) is 6.64. The summed E-state index contributed by atoms with van der Waals surface area (Å²) in [6, 6.07) is 19.5. The van der Waals surface area contributed by atoms with Crippen molar-refractivity contribution >= 4 is 33.6 Å². The summed E-state index contributed by atoms with van der Waals surface area (Å²) in [5.41, 5.74) is 5.79. The van der Waals surface area contributed by atoms with Gasteiger partial charge in [0.25, 0.3) is 5.91 Å². The van der Waals surface area contributed by atoms with Gasteiger partial charge in [-0.05, 0) is 74.4 Å². The van der Waals surface area contributed by atoms with E-state index in [0.29, 0.717) is 5.69 Å². The molecular weight excluding hydrogens is 414 g/mol. The van der Waals surface area contributed by atoms with Crippen LogP contribution < -0.4 is 5.32 Å². The number of hydrogen-bond acceptors (Lipinski definition) is 2. The van der Waals surface area contributed by atoms with Gasteiger partial charge >= 0.3 is 0 Å². The van der Waals surface area contributed by atoms with Crippen LogP contribution in [0.2, 0.25) is 0 Å². The number of carbonyl (C=O) groups is 1. The van der Waals surface area contributed by atoms with Gasteiger partial charge in [-0.3, -0.25) is 4.79 Å². The number of benzene rings is 2. The Kier molecular flexibility index (Phi) is 5.81. The fourth-order valence-electron chi connectivity index (χ4n) is 3.17. The summed E-state index contributed by atoms with van der Waals surface area (Å²) in [6.07, 6.45) is 1.64. The van der Waals surface area contributed by atoms with E-state index in [1.807, 2.05) is 50.2 Å². The van der Waals surface area contributed by atoms with E-state index in [1.165, 1.54) is 5.56 Å². The van der Waals surface area contributed by atoms with E-state index in [4.69, 9.17) is 0 Å². The van der Waals surface area contributed by atoms with Gasteiger partial charge in [0.2, 0.25) is 0 Å². The molecule has 1 N–H and O–H groups in total. The molecule has 0 aliphatic rings. The number of anilines is 1. The molecule has 5 heteroatoms. The highest BCUT2D eigenvalue weighted by Gasteiger charge is 2.14. The Bertz CT molecular complexity index is 1120. The minimum atomic E-state index is -0.430. The molecule has 2 aromatic carbocycles. The van der Waals surface area contributed by atoms with Crippen LogP contribution in [0.4, 0.5) is 5.69 Å². The van der Waals surface area contributed by atoms with E-state index >= 15 is 0 Å². The first-order valence-electron chi connectivity index (χ1n) is 8.83. The highest BCUT2D eigenvalue weighted by molar-refractivity contribution is 9.10. The van der Waals surface area contributed by atoms with Crippen molar-refractivity contribution in [2.75, 3.05) is 5.32 Å². The lowest BCUT2D eigenvalue weighted by Gasteiger charge is -2.10. The number of carbonyl (C=O) groups excluding carboxylic acids is 1. The number of aryl methyl sites for hydroxylation is 2. The summed E-state index contributed by atoms with van der Waals surface area (Å²) in [4.78, 5) is 12.6. The van der Waals surface area contributed by atoms with E-state index in [2.05, 4.69) is 44.9 Å². The van der Waals surface area contributed by atoms with Crippen LogP contribution in [-0.4, -0.2) is 10.5 Å². The molecule has 4 nitrogen and oxygen atoms in total. The normalized spacial score (nSPS) is 11.2. The topological polar surface area (TPSA) is 57.8 Å². The largest absolute Gasteiger partial charge is 0.321 e. The first-order chi connectivity index (χ1) is 13.4. The van der Waals surface area contributed by atoms with Gasteiger partial charge < -0.3 is 9.88 Å². The third-order valence-corrected chi connectivity index (χ3v) is 4.97. The lowest BCUT2D eigenvalue weighted by molar-refractivity contribution is -0.112. The Hall–Kier alpha value is -3.10. The summed E-state index contributed by atoms with van der Waals surface area (Å²) < 4.78 is 2.98. The van der Waals surface area contributed by atoms with Crippen LogP contribution in [0, 0.1) is 32.1 Å². The molecule has 140 valence electrons. The maximum atomic E-state index is 12.6. The lowest BCUT2D eigenvalue weighted by Crippen LogP contribution is -2.13. The maximum absolute atomic E-state index is 12.6. The smallest absolute Gasteiger partial charge is 0.266 e. The van der Waals surface area contributed by atoms with Crippen molar-refractivity contribution in [3.63, 3.8) is 0 Å². The SMILES string of the molecule is Cc1cccc(-n2c(C)cc(/C=C(/C#N)C(=O)Nc3cccc(Br)c3)c2C)c1. The highest BCUT2D eigenvalue weighted by Crippen LogP contribution is 2.24. The number of amides is 1. The molecule has 0 fully saturated rings.